The zero-order chi connectivity index (χ0) is 29.3. The van der Waals surface area contributed by atoms with Gasteiger partial charge in [-0.2, -0.15) is 9.97 Å². The number of ether oxygens (including phenoxy) is 1. The highest BCUT2D eigenvalue weighted by Crippen LogP contribution is 2.42. The molecule has 42 heavy (non-hydrogen) atoms. The number of anilines is 1. The van der Waals surface area contributed by atoms with Gasteiger partial charge >= 0.3 is 6.01 Å². The monoisotopic (exact) mass is 577 g/mol. The molecule has 7 nitrogen and oxygen atoms in total. The number of hydrogen-bond acceptors (Lipinski definition) is 7. The fraction of sp³-hybridized carbons (Fsp3) is 0.387. The summed E-state index contributed by atoms with van der Waals surface area (Å²) in [5.74, 6) is 0.830. The lowest BCUT2D eigenvalue weighted by Gasteiger charge is -2.31. The minimum Gasteiger partial charge on any atom is -0.508 e. The molecule has 1 N–H and O–H groups in total. The molecule has 4 atom stereocenters. The van der Waals surface area contributed by atoms with Crippen LogP contribution in [0.4, 0.5) is 23.4 Å². The Hall–Kier alpha value is -4.17. The van der Waals surface area contributed by atoms with E-state index in [0.717, 1.165) is 19.4 Å². The Morgan fingerprint density at radius 2 is 2.05 bits per heavy atom. The number of hydrogen-bond donors (Lipinski definition) is 1. The molecule has 2 saturated heterocycles. The van der Waals surface area contributed by atoms with E-state index in [4.69, 9.17) is 11.2 Å². The third kappa shape index (κ3) is 4.19. The summed E-state index contributed by atoms with van der Waals surface area (Å²) in [5.41, 5.74) is -0.854. The van der Waals surface area contributed by atoms with Gasteiger partial charge in [0.15, 0.2) is 5.82 Å². The van der Waals surface area contributed by atoms with E-state index in [2.05, 4.69) is 25.8 Å². The molecule has 3 aliphatic rings. The molecule has 0 unspecified atom stereocenters. The molecule has 1 aliphatic carbocycles. The van der Waals surface area contributed by atoms with Gasteiger partial charge in [-0.25, -0.2) is 17.6 Å². The van der Waals surface area contributed by atoms with Crippen molar-refractivity contribution in [3.8, 4) is 35.4 Å². The molecule has 0 radical (unpaired) electrons. The third-order valence-corrected chi connectivity index (χ3v) is 8.84. The predicted molar refractivity (Wildman–Crippen MR) is 150 cm³/mol. The SMILES string of the molecule is C#Cc1c(F)ccc2cc(O)cc(-c3ncc4c(N(C)[C@H]5C[C@H]5F)nc(OC[C@@]56CCCN5C[C@H](F)C6)nc4c3F)c12. The quantitative estimate of drug-likeness (QED) is 0.246. The zero-order valence-corrected chi connectivity index (χ0v) is 22.7. The first-order chi connectivity index (χ1) is 20.2. The van der Waals surface area contributed by atoms with Crippen LogP contribution in [0.2, 0.25) is 0 Å². The van der Waals surface area contributed by atoms with Gasteiger partial charge in [0.05, 0.1) is 22.5 Å². The number of rotatable bonds is 6. The highest BCUT2D eigenvalue weighted by atomic mass is 19.1. The molecule has 11 heteroatoms. The van der Waals surface area contributed by atoms with E-state index in [1.54, 1.807) is 11.9 Å². The Morgan fingerprint density at radius 1 is 1.24 bits per heavy atom. The fourth-order valence-electron chi connectivity index (χ4n) is 6.65. The van der Waals surface area contributed by atoms with Crippen molar-refractivity contribution in [1.29, 1.82) is 0 Å². The van der Waals surface area contributed by atoms with E-state index in [9.17, 15) is 18.3 Å². The first-order valence-corrected chi connectivity index (χ1v) is 13.9. The summed E-state index contributed by atoms with van der Waals surface area (Å²) >= 11 is 0. The number of aromatic hydroxyl groups is 1. The lowest BCUT2D eigenvalue weighted by molar-refractivity contribution is 0.107. The summed E-state index contributed by atoms with van der Waals surface area (Å²) in [6.45, 7) is 1.24. The van der Waals surface area contributed by atoms with Crippen molar-refractivity contribution in [3.63, 3.8) is 0 Å². The van der Waals surface area contributed by atoms with E-state index in [1.165, 1.54) is 30.5 Å². The maximum absolute atomic E-state index is 16.5. The van der Waals surface area contributed by atoms with E-state index >= 15 is 4.39 Å². The summed E-state index contributed by atoms with van der Waals surface area (Å²) in [5, 5.41) is 11.3. The number of terminal acetylenes is 1. The number of halogens is 4. The molecule has 4 heterocycles. The van der Waals surface area contributed by atoms with Crippen LogP contribution in [-0.2, 0) is 0 Å². The maximum Gasteiger partial charge on any atom is 0.319 e. The Kier molecular flexibility index (Phi) is 6.17. The van der Waals surface area contributed by atoms with Crippen LogP contribution in [0.5, 0.6) is 11.8 Å². The number of pyridine rings is 1. The number of fused-ring (bicyclic) bond motifs is 3. The molecule has 2 aliphatic heterocycles. The molecule has 7 rings (SSSR count). The van der Waals surface area contributed by atoms with Crippen LogP contribution in [-0.4, -0.2) is 75.6 Å². The van der Waals surface area contributed by atoms with Crippen LogP contribution in [0, 0.1) is 24.0 Å². The van der Waals surface area contributed by atoms with Gasteiger partial charge in [0.1, 0.15) is 47.5 Å². The number of alkyl halides is 2. The van der Waals surface area contributed by atoms with Crippen LogP contribution < -0.4 is 9.64 Å². The summed E-state index contributed by atoms with van der Waals surface area (Å²) in [6, 6.07) is 4.72. The van der Waals surface area contributed by atoms with Gasteiger partial charge in [-0.05, 0) is 43.0 Å². The van der Waals surface area contributed by atoms with Crippen molar-refractivity contribution < 1.29 is 27.4 Å². The van der Waals surface area contributed by atoms with Crippen LogP contribution in [0.3, 0.4) is 0 Å². The molecule has 1 saturated carbocycles. The summed E-state index contributed by atoms with van der Waals surface area (Å²) in [6.07, 6.45) is 7.29. The summed E-state index contributed by atoms with van der Waals surface area (Å²) in [7, 11) is 1.66. The Morgan fingerprint density at radius 3 is 2.81 bits per heavy atom. The smallest absolute Gasteiger partial charge is 0.319 e. The Balaban J connectivity index is 1.38. The minimum atomic E-state index is -1.05. The van der Waals surface area contributed by atoms with Gasteiger partial charge in [-0.15, -0.1) is 6.42 Å². The molecule has 4 aromatic rings. The van der Waals surface area contributed by atoms with Crippen LogP contribution in [0.25, 0.3) is 32.9 Å². The van der Waals surface area contributed by atoms with E-state index in [1.807, 2.05) is 0 Å². The van der Waals surface area contributed by atoms with Gasteiger partial charge in [-0.3, -0.25) is 9.88 Å². The normalized spacial score (nSPS) is 25.1. The molecule has 0 bridgehead atoms. The molecular weight excluding hydrogens is 550 g/mol. The van der Waals surface area contributed by atoms with E-state index < -0.39 is 35.6 Å². The number of phenolic OH excluding ortho intramolecular Hbond substituents is 1. The average molecular weight is 578 g/mol. The Bertz CT molecular complexity index is 1800. The number of phenols is 1. The molecule has 0 amide bonds. The summed E-state index contributed by atoms with van der Waals surface area (Å²) in [4.78, 5) is 17.0. The van der Waals surface area contributed by atoms with Crippen LogP contribution in [0.15, 0.2) is 30.5 Å². The van der Waals surface area contributed by atoms with Crippen LogP contribution >= 0.6 is 0 Å². The first kappa shape index (κ1) is 26.7. The second kappa shape index (κ2) is 9.70. The van der Waals surface area contributed by atoms with Crippen molar-refractivity contribution in [1.82, 2.24) is 19.9 Å². The second-order valence-corrected chi connectivity index (χ2v) is 11.5. The average Bonchev–Trinajstić information content (AvgIpc) is 3.45. The van der Waals surface area contributed by atoms with Crippen molar-refractivity contribution in [2.75, 3.05) is 31.6 Å². The highest BCUT2D eigenvalue weighted by Gasteiger charge is 2.49. The van der Waals surface area contributed by atoms with Crippen LogP contribution in [0.1, 0.15) is 31.2 Å². The van der Waals surface area contributed by atoms with Crippen molar-refractivity contribution >= 4 is 27.5 Å². The highest BCUT2D eigenvalue weighted by molar-refractivity contribution is 6.03. The largest absolute Gasteiger partial charge is 0.508 e. The predicted octanol–water partition coefficient (Wildman–Crippen LogP) is 5.31. The molecule has 2 aromatic carbocycles. The summed E-state index contributed by atoms with van der Waals surface area (Å²) < 4.78 is 65.6. The molecule has 0 spiro atoms. The minimum absolute atomic E-state index is 0.0827. The third-order valence-electron chi connectivity index (χ3n) is 8.84. The zero-order valence-electron chi connectivity index (χ0n) is 22.7. The molecule has 2 aromatic heterocycles. The number of aromatic nitrogens is 3. The first-order valence-electron chi connectivity index (χ1n) is 13.9. The van der Waals surface area contributed by atoms with Gasteiger partial charge in [0.2, 0.25) is 0 Å². The Labute approximate surface area is 239 Å². The number of nitrogens with zero attached hydrogens (tertiary/aromatic N) is 5. The van der Waals surface area contributed by atoms with E-state index in [0.29, 0.717) is 24.8 Å². The topological polar surface area (TPSA) is 74.6 Å². The molecular formula is C31H27F4N5O2. The number of benzene rings is 2. The lowest BCUT2D eigenvalue weighted by Crippen LogP contribution is -2.43. The standard InChI is InChI=1S/C31H27F4N5O2/c1-3-19-22(33)6-5-16-9-18(41)10-20(25(16)19)27-26(35)28-21(13-36-27)29(39(2)24-11-23(24)34)38-30(37-28)42-15-31-7-4-8-40(31)14-17(32)12-31/h1,5-6,9-10,13,17,23-24,41H,4,7-8,11-12,14-15H2,2H3/t17-,23-,24+,31+/m1/s1. The van der Waals surface area contributed by atoms with Crippen molar-refractivity contribution in [2.45, 2.75) is 49.6 Å². The van der Waals surface area contributed by atoms with Gasteiger partial charge in [0, 0.05) is 43.6 Å². The van der Waals surface area contributed by atoms with E-state index in [-0.39, 0.29) is 57.3 Å². The van der Waals surface area contributed by atoms with Gasteiger partial charge < -0.3 is 14.7 Å². The van der Waals surface area contributed by atoms with Crippen molar-refractivity contribution in [3.05, 3.63) is 47.7 Å². The fourth-order valence-corrected chi connectivity index (χ4v) is 6.65. The molecule has 3 fully saturated rings. The van der Waals surface area contributed by atoms with Gasteiger partial charge in [-0.1, -0.05) is 12.0 Å². The molecule has 216 valence electrons. The van der Waals surface area contributed by atoms with Crippen molar-refractivity contribution in [2.24, 2.45) is 0 Å². The second-order valence-electron chi connectivity index (χ2n) is 11.5. The van der Waals surface area contributed by atoms with Gasteiger partial charge in [0.25, 0.3) is 0 Å². The maximum atomic E-state index is 16.5. The lowest BCUT2D eigenvalue weighted by atomic mass is 9.95.